The summed E-state index contributed by atoms with van der Waals surface area (Å²) in [5, 5.41) is 7.80. The Morgan fingerprint density at radius 3 is 2.08 bits per heavy atom. The highest BCUT2D eigenvalue weighted by atomic mass is 16.6. The minimum Gasteiger partial charge on any atom is -0.353 e. The van der Waals surface area contributed by atoms with Crippen LogP contribution in [0, 0.1) is 0 Å². The number of aromatic nitrogens is 4. The molecule has 4 rings (SSSR count). The van der Waals surface area contributed by atoms with E-state index in [2.05, 4.69) is 39.0 Å². The maximum atomic E-state index is 4.84. The summed E-state index contributed by atoms with van der Waals surface area (Å²) in [6.07, 6.45) is 4.99. The van der Waals surface area contributed by atoms with Crippen molar-refractivity contribution in [3.05, 3.63) is 0 Å². The van der Waals surface area contributed by atoms with Crippen molar-refractivity contribution in [1.29, 1.82) is 0 Å². The Balaban J connectivity index is 1.72. The highest BCUT2D eigenvalue weighted by molar-refractivity contribution is 5.74. The summed E-state index contributed by atoms with van der Waals surface area (Å²) >= 11 is 0. The smallest absolute Gasteiger partial charge is 0.245 e. The maximum Gasteiger partial charge on any atom is 0.245 e. The van der Waals surface area contributed by atoms with E-state index in [0.29, 0.717) is 17.3 Å². The summed E-state index contributed by atoms with van der Waals surface area (Å²) in [5.41, 5.74) is 0.996. The summed E-state index contributed by atoms with van der Waals surface area (Å²) in [7, 11) is 2.17. The maximum absolute atomic E-state index is 4.84. The van der Waals surface area contributed by atoms with Crippen molar-refractivity contribution in [3.63, 3.8) is 0 Å². The van der Waals surface area contributed by atoms with Crippen LogP contribution in [0.1, 0.15) is 32.6 Å². The van der Waals surface area contributed by atoms with Gasteiger partial charge >= 0.3 is 0 Å². The van der Waals surface area contributed by atoms with Gasteiger partial charge in [0.25, 0.3) is 0 Å². The zero-order chi connectivity index (χ0) is 16.5. The first-order chi connectivity index (χ1) is 11.7. The van der Waals surface area contributed by atoms with Crippen LogP contribution in [0.2, 0.25) is 0 Å². The van der Waals surface area contributed by atoms with E-state index in [1.54, 1.807) is 0 Å². The molecular formula is C16H25N7O. The van der Waals surface area contributed by atoms with Crippen LogP contribution in [-0.2, 0) is 0 Å². The molecule has 2 aliphatic rings. The van der Waals surface area contributed by atoms with E-state index in [1.807, 2.05) is 0 Å². The van der Waals surface area contributed by atoms with Crippen molar-refractivity contribution in [3.8, 4) is 0 Å². The predicted molar refractivity (Wildman–Crippen MR) is 92.4 cm³/mol. The van der Waals surface area contributed by atoms with Crippen molar-refractivity contribution in [1.82, 2.24) is 25.2 Å². The minimum absolute atomic E-state index is 0.490. The van der Waals surface area contributed by atoms with Gasteiger partial charge in [-0.15, -0.1) is 0 Å². The lowest BCUT2D eigenvalue weighted by Crippen LogP contribution is -2.50. The summed E-state index contributed by atoms with van der Waals surface area (Å²) in [6.45, 7) is 7.23. The fourth-order valence-corrected chi connectivity index (χ4v) is 3.57. The SMILES string of the molecule is C[C@H]1CN(c2nc3nonc3nc2N2CCCCCC2)CCN1C. The number of hydrogen-bond acceptors (Lipinski definition) is 8. The molecule has 0 radical (unpaired) electrons. The Morgan fingerprint density at radius 2 is 1.46 bits per heavy atom. The van der Waals surface area contributed by atoms with Crippen molar-refractivity contribution >= 4 is 22.9 Å². The van der Waals surface area contributed by atoms with Gasteiger partial charge in [0, 0.05) is 38.8 Å². The second-order valence-corrected chi connectivity index (χ2v) is 6.96. The quantitative estimate of drug-likeness (QED) is 0.820. The Hall–Kier alpha value is -1.96. The summed E-state index contributed by atoms with van der Waals surface area (Å²) < 4.78 is 4.84. The molecule has 8 heteroatoms. The summed E-state index contributed by atoms with van der Waals surface area (Å²) in [4.78, 5) is 16.6. The molecule has 24 heavy (non-hydrogen) atoms. The van der Waals surface area contributed by atoms with Gasteiger partial charge in [-0.3, -0.25) is 0 Å². The molecular weight excluding hydrogens is 306 g/mol. The van der Waals surface area contributed by atoms with E-state index in [9.17, 15) is 0 Å². The zero-order valence-electron chi connectivity index (χ0n) is 14.5. The highest BCUT2D eigenvalue weighted by Gasteiger charge is 2.27. The normalized spacial score (nSPS) is 23.7. The molecule has 1 atom stereocenters. The molecule has 0 bridgehead atoms. The molecule has 2 aromatic heterocycles. The molecule has 2 fully saturated rings. The summed E-state index contributed by atoms with van der Waals surface area (Å²) in [6, 6.07) is 0.490. The zero-order valence-corrected chi connectivity index (χ0v) is 14.5. The fraction of sp³-hybridized carbons (Fsp3) is 0.750. The van der Waals surface area contributed by atoms with Crippen molar-refractivity contribution in [2.45, 2.75) is 38.6 Å². The lowest BCUT2D eigenvalue weighted by atomic mass is 10.2. The van der Waals surface area contributed by atoms with E-state index in [-0.39, 0.29) is 0 Å². The molecule has 0 unspecified atom stereocenters. The Kier molecular flexibility index (Phi) is 4.22. The first kappa shape index (κ1) is 15.6. The van der Waals surface area contributed by atoms with E-state index in [0.717, 1.165) is 44.4 Å². The second-order valence-electron chi connectivity index (χ2n) is 6.96. The molecule has 0 saturated carbocycles. The number of anilines is 2. The third-order valence-corrected chi connectivity index (χ3v) is 5.24. The molecule has 2 aromatic rings. The average molecular weight is 331 g/mol. The van der Waals surface area contributed by atoms with Gasteiger partial charge in [-0.2, -0.15) is 0 Å². The summed E-state index contributed by atoms with van der Waals surface area (Å²) in [5.74, 6) is 1.87. The topological polar surface area (TPSA) is 74.4 Å². The third kappa shape index (κ3) is 2.90. The van der Waals surface area contributed by atoms with E-state index >= 15 is 0 Å². The third-order valence-electron chi connectivity index (χ3n) is 5.24. The highest BCUT2D eigenvalue weighted by Crippen LogP contribution is 2.30. The lowest BCUT2D eigenvalue weighted by Gasteiger charge is -2.39. The average Bonchev–Trinajstić information content (AvgIpc) is 2.87. The molecule has 8 nitrogen and oxygen atoms in total. The number of nitrogens with zero attached hydrogens (tertiary/aromatic N) is 7. The first-order valence-corrected chi connectivity index (χ1v) is 8.93. The molecule has 0 spiro atoms. The molecule has 130 valence electrons. The molecule has 4 heterocycles. The van der Waals surface area contributed by atoms with E-state index in [4.69, 9.17) is 14.6 Å². The Labute approximate surface area is 141 Å². The number of piperazine rings is 1. The van der Waals surface area contributed by atoms with Gasteiger partial charge in [0.15, 0.2) is 11.6 Å². The largest absolute Gasteiger partial charge is 0.353 e. The van der Waals surface area contributed by atoms with Crippen LogP contribution < -0.4 is 9.80 Å². The predicted octanol–water partition coefficient (Wildman–Crippen LogP) is 1.53. The van der Waals surface area contributed by atoms with Gasteiger partial charge in [0.05, 0.1) is 0 Å². The number of likely N-dealkylation sites (N-methyl/N-ethyl adjacent to an activating group) is 1. The Bertz CT molecular complexity index is 695. The molecule has 2 aliphatic heterocycles. The lowest BCUT2D eigenvalue weighted by molar-refractivity contribution is 0.233. The van der Waals surface area contributed by atoms with Gasteiger partial charge in [0.1, 0.15) is 0 Å². The van der Waals surface area contributed by atoms with Crippen LogP contribution in [0.25, 0.3) is 11.3 Å². The van der Waals surface area contributed by atoms with Crippen LogP contribution in [0.3, 0.4) is 0 Å². The Morgan fingerprint density at radius 1 is 0.833 bits per heavy atom. The van der Waals surface area contributed by atoms with Crippen LogP contribution in [-0.4, -0.2) is 71.0 Å². The minimum atomic E-state index is 0.490. The number of rotatable bonds is 2. The standard InChI is InChI=1S/C16H25N7O/c1-12-11-23(10-9-21(12)2)16-15(22-7-5-3-4-6-8-22)17-13-14(18-16)20-24-19-13/h12H,3-11H2,1-2H3/t12-/m0/s1. The van der Waals surface area contributed by atoms with Crippen molar-refractivity contribution in [2.24, 2.45) is 0 Å². The second kappa shape index (κ2) is 6.51. The van der Waals surface area contributed by atoms with Gasteiger partial charge in [-0.25, -0.2) is 14.6 Å². The van der Waals surface area contributed by atoms with E-state index in [1.165, 1.54) is 25.7 Å². The monoisotopic (exact) mass is 331 g/mol. The van der Waals surface area contributed by atoms with Crippen molar-refractivity contribution in [2.75, 3.05) is 49.6 Å². The van der Waals surface area contributed by atoms with Gasteiger partial charge in [-0.1, -0.05) is 12.8 Å². The molecule has 2 saturated heterocycles. The number of fused-ring (bicyclic) bond motifs is 1. The molecule has 0 N–H and O–H groups in total. The van der Waals surface area contributed by atoms with Gasteiger partial charge < -0.3 is 14.7 Å². The molecule has 0 amide bonds. The molecule has 0 aromatic carbocycles. The fourth-order valence-electron chi connectivity index (χ4n) is 3.57. The van der Waals surface area contributed by atoms with Gasteiger partial charge in [-0.05, 0) is 37.1 Å². The van der Waals surface area contributed by atoms with Crippen LogP contribution in [0.5, 0.6) is 0 Å². The van der Waals surface area contributed by atoms with Crippen LogP contribution in [0.4, 0.5) is 11.6 Å². The van der Waals surface area contributed by atoms with Crippen molar-refractivity contribution < 1.29 is 4.63 Å². The van der Waals surface area contributed by atoms with E-state index < -0.39 is 0 Å². The first-order valence-electron chi connectivity index (χ1n) is 8.93. The number of hydrogen-bond donors (Lipinski definition) is 0. The van der Waals surface area contributed by atoms with Crippen LogP contribution >= 0.6 is 0 Å². The van der Waals surface area contributed by atoms with Gasteiger partial charge in [0.2, 0.25) is 11.3 Å². The molecule has 0 aliphatic carbocycles. The van der Waals surface area contributed by atoms with Crippen LogP contribution in [0.15, 0.2) is 4.63 Å².